The lowest BCUT2D eigenvalue weighted by Crippen LogP contribution is -2.65. The van der Waals surface area contributed by atoms with Gasteiger partial charge < -0.3 is 4.90 Å². The largest absolute Gasteiger partial charge is 0.301 e. The highest BCUT2D eigenvalue weighted by Gasteiger charge is 2.78. The summed E-state index contributed by atoms with van der Waals surface area (Å²) in [6.45, 7) is 1.51. The van der Waals surface area contributed by atoms with Crippen molar-refractivity contribution in [1.29, 1.82) is 0 Å². The Morgan fingerprint density at radius 3 is 2.29 bits per heavy atom. The first-order valence-electron chi connectivity index (χ1n) is 14.6. The highest BCUT2D eigenvalue weighted by Crippen LogP contribution is 2.69. The summed E-state index contributed by atoms with van der Waals surface area (Å²) in [5.74, 6) is -1.07. The zero-order valence-electron chi connectivity index (χ0n) is 23.3. The molecule has 2 spiro atoms. The molecular weight excluding hydrogens is 530 g/mol. The molecule has 0 N–H and O–H groups in total. The standard InChI is InChI=1S/C36H30F2N2O2/c1-39-20-25(19-22-10-14-26(37)15-11-22)33(41)35(21-39)32(24-12-16-27(38)17-13-24)30-9-4-18-40(30)36(35)29-8-3-6-23-5-2-7-28(31(23)29)34(36)42/h2-3,5-8,10-17,19,30,32H,4,9,18,20-21H2,1H3/b25-19+/t30-,32+,35+,36+/m1/s1. The topological polar surface area (TPSA) is 40.6 Å². The van der Waals surface area contributed by atoms with Crippen LogP contribution in [-0.4, -0.2) is 54.1 Å². The van der Waals surface area contributed by atoms with Crippen LogP contribution in [0.3, 0.4) is 0 Å². The zero-order valence-corrected chi connectivity index (χ0v) is 23.3. The van der Waals surface area contributed by atoms with Crippen molar-refractivity contribution in [2.45, 2.75) is 30.3 Å². The molecule has 3 saturated heterocycles. The fourth-order valence-electron chi connectivity index (χ4n) is 9.01. The molecule has 1 aliphatic carbocycles. The van der Waals surface area contributed by atoms with Gasteiger partial charge in [-0.2, -0.15) is 0 Å². The first-order valence-corrected chi connectivity index (χ1v) is 14.6. The second-order valence-corrected chi connectivity index (χ2v) is 12.4. The Bertz CT molecular complexity index is 1810. The van der Waals surface area contributed by atoms with E-state index in [1.54, 1.807) is 24.3 Å². The van der Waals surface area contributed by atoms with E-state index in [2.05, 4.69) is 9.80 Å². The Morgan fingerprint density at radius 1 is 0.857 bits per heavy atom. The molecule has 4 nitrogen and oxygen atoms in total. The third kappa shape index (κ3) is 3.17. The van der Waals surface area contributed by atoms with Crippen LogP contribution in [0.4, 0.5) is 8.78 Å². The van der Waals surface area contributed by atoms with Gasteiger partial charge in [0, 0.05) is 36.2 Å². The summed E-state index contributed by atoms with van der Waals surface area (Å²) in [6.07, 6.45) is 3.62. The molecule has 42 heavy (non-hydrogen) atoms. The minimum Gasteiger partial charge on any atom is -0.301 e. The quantitative estimate of drug-likeness (QED) is 0.268. The summed E-state index contributed by atoms with van der Waals surface area (Å²) < 4.78 is 28.0. The maximum absolute atomic E-state index is 15.4. The molecule has 0 radical (unpaired) electrons. The minimum absolute atomic E-state index is 0.0180. The molecule has 4 aromatic carbocycles. The third-order valence-electron chi connectivity index (χ3n) is 10.3. The number of nitrogens with zero attached hydrogens (tertiary/aromatic N) is 2. The summed E-state index contributed by atoms with van der Waals surface area (Å²) in [4.78, 5) is 35.1. The number of Topliss-reactive ketones (excluding diaryl/α,β-unsaturated/α-hetero) is 2. The Balaban J connectivity index is 1.45. The predicted molar refractivity (Wildman–Crippen MR) is 158 cm³/mol. The van der Waals surface area contributed by atoms with Gasteiger partial charge in [0.25, 0.3) is 0 Å². The summed E-state index contributed by atoms with van der Waals surface area (Å²) in [7, 11) is 2.00. The smallest absolute Gasteiger partial charge is 0.189 e. The second-order valence-electron chi connectivity index (χ2n) is 12.4. The highest BCUT2D eigenvalue weighted by atomic mass is 19.1. The van der Waals surface area contributed by atoms with Crippen molar-refractivity contribution in [2.75, 3.05) is 26.7 Å². The van der Waals surface area contributed by atoms with E-state index in [1.807, 2.05) is 49.5 Å². The molecule has 0 aromatic heterocycles. The molecule has 0 unspecified atom stereocenters. The van der Waals surface area contributed by atoms with Crippen LogP contribution in [0.2, 0.25) is 0 Å². The first kappa shape index (κ1) is 25.7. The van der Waals surface area contributed by atoms with Crippen molar-refractivity contribution in [3.05, 3.63) is 124 Å². The number of fused-ring (bicyclic) bond motifs is 4. The van der Waals surface area contributed by atoms with Gasteiger partial charge in [-0.05, 0) is 84.2 Å². The molecule has 6 heteroatoms. The fourth-order valence-corrected chi connectivity index (χ4v) is 9.01. The molecule has 4 aromatic rings. The Hall–Kier alpha value is -4.00. The third-order valence-corrected chi connectivity index (χ3v) is 10.3. The summed E-state index contributed by atoms with van der Waals surface area (Å²) >= 11 is 0. The molecule has 3 fully saturated rings. The van der Waals surface area contributed by atoms with Crippen LogP contribution in [0, 0.1) is 17.0 Å². The van der Waals surface area contributed by atoms with E-state index in [1.165, 1.54) is 24.3 Å². The molecule has 3 aliphatic heterocycles. The lowest BCUT2D eigenvalue weighted by Gasteiger charge is -2.52. The molecule has 0 saturated carbocycles. The lowest BCUT2D eigenvalue weighted by molar-refractivity contribution is -0.134. The van der Waals surface area contributed by atoms with E-state index in [4.69, 9.17) is 0 Å². The predicted octanol–water partition coefficient (Wildman–Crippen LogP) is 6.36. The Morgan fingerprint density at radius 2 is 1.55 bits per heavy atom. The lowest BCUT2D eigenvalue weighted by atomic mass is 9.54. The van der Waals surface area contributed by atoms with Crippen molar-refractivity contribution in [3.8, 4) is 0 Å². The number of piperidine rings is 1. The number of likely N-dealkylation sites (N-methyl/N-ethyl adjacent to an activating group) is 1. The number of rotatable bonds is 2. The Kier molecular flexibility index (Phi) is 5.50. The number of ketones is 2. The molecular formula is C36H30F2N2O2. The average Bonchev–Trinajstić information content (AvgIpc) is 3.62. The number of carbonyl (C=O) groups is 2. The van der Waals surface area contributed by atoms with Crippen LogP contribution in [-0.2, 0) is 10.3 Å². The number of hydrogen-bond acceptors (Lipinski definition) is 4. The van der Waals surface area contributed by atoms with Crippen molar-refractivity contribution in [3.63, 3.8) is 0 Å². The van der Waals surface area contributed by atoms with Crippen molar-refractivity contribution < 1.29 is 18.4 Å². The van der Waals surface area contributed by atoms with Gasteiger partial charge >= 0.3 is 0 Å². The summed E-state index contributed by atoms with van der Waals surface area (Å²) in [6, 6.07) is 24.5. The van der Waals surface area contributed by atoms with Crippen molar-refractivity contribution in [1.82, 2.24) is 9.80 Å². The molecule has 4 aliphatic rings. The van der Waals surface area contributed by atoms with Gasteiger partial charge in [-0.1, -0.05) is 60.7 Å². The first-order chi connectivity index (χ1) is 20.4. The van der Waals surface area contributed by atoms with E-state index in [0.29, 0.717) is 30.8 Å². The van der Waals surface area contributed by atoms with E-state index in [-0.39, 0.29) is 35.2 Å². The van der Waals surface area contributed by atoms with E-state index in [9.17, 15) is 8.78 Å². The second kappa shape index (κ2) is 9.00. The number of benzene rings is 4. The van der Waals surface area contributed by atoms with Gasteiger partial charge in [-0.3, -0.25) is 14.5 Å². The van der Waals surface area contributed by atoms with Gasteiger partial charge in [0.2, 0.25) is 0 Å². The molecule has 3 heterocycles. The van der Waals surface area contributed by atoms with Gasteiger partial charge in [-0.15, -0.1) is 0 Å². The van der Waals surface area contributed by atoms with Crippen LogP contribution in [0.1, 0.15) is 45.8 Å². The van der Waals surface area contributed by atoms with Crippen molar-refractivity contribution in [2.24, 2.45) is 5.41 Å². The number of halogens is 2. The van der Waals surface area contributed by atoms with Crippen LogP contribution < -0.4 is 0 Å². The Labute approximate surface area is 243 Å². The number of carbonyl (C=O) groups excluding carboxylic acids is 2. The SMILES string of the molecule is CN1C/C(=C\c2ccc(F)cc2)C(=O)[C@]2(C1)[C@@H](c1ccc(F)cc1)[C@H]1CCCN1[C@@]21C(=O)c2cccc3cccc1c23. The van der Waals surface area contributed by atoms with Gasteiger partial charge in [0.05, 0.1) is 5.41 Å². The van der Waals surface area contributed by atoms with Crippen LogP contribution >= 0.6 is 0 Å². The van der Waals surface area contributed by atoms with Gasteiger partial charge in [-0.25, -0.2) is 8.78 Å². The summed E-state index contributed by atoms with van der Waals surface area (Å²) in [5, 5.41) is 1.92. The molecule has 0 bridgehead atoms. The molecule has 210 valence electrons. The van der Waals surface area contributed by atoms with Crippen LogP contribution in [0.5, 0.6) is 0 Å². The van der Waals surface area contributed by atoms with Gasteiger partial charge in [0.1, 0.15) is 17.2 Å². The average molecular weight is 561 g/mol. The molecule has 0 amide bonds. The van der Waals surface area contributed by atoms with Crippen molar-refractivity contribution >= 4 is 28.4 Å². The highest BCUT2D eigenvalue weighted by molar-refractivity contribution is 6.24. The molecule has 8 rings (SSSR count). The van der Waals surface area contributed by atoms with Crippen LogP contribution in [0.25, 0.3) is 16.8 Å². The van der Waals surface area contributed by atoms with E-state index >= 15 is 9.59 Å². The van der Waals surface area contributed by atoms with Gasteiger partial charge in [0.15, 0.2) is 11.6 Å². The zero-order chi connectivity index (χ0) is 28.8. The van der Waals surface area contributed by atoms with Crippen LogP contribution in [0.15, 0.2) is 90.5 Å². The molecule has 4 atom stereocenters. The van der Waals surface area contributed by atoms with E-state index < -0.39 is 11.0 Å². The maximum atomic E-state index is 15.4. The fraction of sp³-hybridized carbons (Fsp3) is 0.278. The monoisotopic (exact) mass is 560 g/mol. The number of hydrogen-bond donors (Lipinski definition) is 0. The minimum atomic E-state index is -1.20. The number of likely N-dealkylation sites (tertiary alicyclic amines) is 1. The van der Waals surface area contributed by atoms with E-state index in [0.717, 1.165) is 40.3 Å². The summed E-state index contributed by atoms with van der Waals surface area (Å²) in [5.41, 5.74) is 1.41. The maximum Gasteiger partial charge on any atom is 0.189 e. The normalized spacial score (nSPS) is 29.9.